The zero-order valence-electron chi connectivity index (χ0n) is 18.9. The lowest BCUT2D eigenvalue weighted by atomic mass is 10.1. The van der Waals surface area contributed by atoms with Crippen LogP contribution in [0.3, 0.4) is 0 Å². The van der Waals surface area contributed by atoms with Crippen molar-refractivity contribution in [1.82, 2.24) is 4.31 Å². The summed E-state index contributed by atoms with van der Waals surface area (Å²) in [6, 6.07) is 12.2. The highest BCUT2D eigenvalue weighted by molar-refractivity contribution is 7.89. The van der Waals surface area contributed by atoms with Gasteiger partial charge >= 0.3 is 0 Å². The Kier molecular flexibility index (Phi) is 6.62. The van der Waals surface area contributed by atoms with E-state index in [4.69, 9.17) is 14.2 Å². The molecule has 0 aliphatic carbocycles. The van der Waals surface area contributed by atoms with Crippen molar-refractivity contribution in [2.45, 2.75) is 30.3 Å². The predicted molar refractivity (Wildman–Crippen MR) is 127 cm³/mol. The second kappa shape index (κ2) is 9.81. The van der Waals surface area contributed by atoms with E-state index in [9.17, 15) is 13.2 Å². The molecule has 1 atom stereocenters. The van der Waals surface area contributed by atoms with Gasteiger partial charge in [0.2, 0.25) is 16.1 Å². The third-order valence-corrected chi connectivity index (χ3v) is 8.23. The zero-order valence-corrected chi connectivity index (χ0v) is 19.8. The van der Waals surface area contributed by atoms with E-state index in [0.29, 0.717) is 43.5 Å². The van der Waals surface area contributed by atoms with E-state index in [1.54, 1.807) is 30.3 Å². The van der Waals surface area contributed by atoms with Gasteiger partial charge in [0, 0.05) is 26.2 Å². The Balaban J connectivity index is 1.42. The molecule has 10 heteroatoms. The molecule has 3 aliphatic heterocycles. The smallest absolute Gasteiger partial charge is 0.269 e. The number of sulfonamides is 1. The summed E-state index contributed by atoms with van der Waals surface area (Å²) in [5, 5.41) is 2.93. The van der Waals surface area contributed by atoms with Gasteiger partial charge in [0.25, 0.3) is 5.91 Å². The van der Waals surface area contributed by atoms with E-state index in [1.165, 1.54) is 4.31 Å². The Morgan fingerprint density at radius 2 is 1.68 bits per heavy atom. The quantitative estimate of drug-likeness (QED) is 0.692. The van der Waals surface area contributed by atoms with Crippen LogP contribution in [-0.4, -0.2) is 70.7 Å². The number of piperidine rings is 1. The highest BCUT2D eigenvalue weighted by atomic mass is 32.2. The van der Waals surface area contributed by atoms with Crippen LogP contribution in [0.2, 0.25) is 0 Å². The summed E-state index contributed by atoms with van der Waals surface area (Å²) in [5.74, 6) is 0.724. The molecule has 9 nitrogen and oxygen atoms in total. The van der Waals surface area contributed by atoms with Crippen molar-refractivity contribution in [3.8, 4) is 11.5 Å². The van der Waals surface area contributed by atoms with Gasteiger partial charge in [0.15, 0.2) is 11.5 Å². The van der Waals surface area contributed by atoms with Gasteiger partial charge in [-0.05, 0) is 49.6 Å². The maximum Gasteiger partial charge on any atom is 0.269 e. The van der Waals surface area contributed by atoms with Gasteiger partial charge in [0.1, 0.15) is 6.61 Å². The summed E-state index contributed by atoms with van der Waals surface area (Å²) in [5.41, 5.74) is 1.27. The van der Waals surface area contributed by atoms with Gasteiger partial charge in [-0.25, -0.2) is 8.42 Å². The minimum atomic E-state index is -3.71. The predicted octanol–water partition coefficient (Wildman–Crippen LogP) is 2.48. The summed E-state index contributed by atoms with van der Waals surface area (Å²) >= 11 is 0. The first kappa shape index (κ1) is 22.9. The monoisotopic (exact) mass is 487 g/mol. The molecule has 2 aromatic carbocycles. The number of carbonyl (C=O) groups is 1. The number of carbonyl (C=O) groups excluding carboxylic acids is 1. The SMILES string of the molecule is O=C(Nc1cc(S(=O)(=O)N2CCOCC2)ccc1N1CCCCC1)C1COc2ccccc2O1. The van der Waals surface area contributed by atoms with Gasteiger partial charge < -0.3 is 24.4 Å². The lowest BCUT2D eigenvalue weighted by Crippen LogP contribution is -2.41. The largest absolute Gasteiger partial charge is 0.485 e. The topological polar surface area (TPSA) is 97.4 Å². The molecule has 0 radical (unpaired) electrons. The van der Waals surface area contributed by atoms with Gasteiger partial charge in [-0.15, -0.1) is 0 Å². The number of nitrogens with zero attached hydrogens (tertiary/aromatic N) is 2. The summed E-state index contributed by atoms with van der Waals surface area (Å²) in [6.45, 7) is 3.15. The summed E-state index contributed by atoms with van der Waals surface area (Å²) in [4.78, 5) is 15.5. The Morgan fingerprint density at radius 1 is 0.941 bits per heavy atom. The third-order valence-electron chi connectivity index (χ3n) is 6.33. The van der Waals surface area contributed by atoms with Crippen LogP contribution in [0.15, 0.2) is 47.4 Å². The van der Waals surface area contributed by atoms with Crippen molar-refractivity contribution in [1.29, 1.82) is 0 Å². The summed E-state index contributed by atoms with van der Waals surface area (Å²) < 4.78 is 44.8. The molecular weight excluding hydrogens is 458 g/mol. The molecule has 2 aromatic rings. The average molecular weight is 488 g/mol. The number of ether oxygens (including phenoxy) is 3. The molecule has 1 unspecified atom stereocenters. The van der Waals surface area contributed by atoms with Gasteiger partial charge in [0.05, 0.1) is 29.5 Å². The molecule has 0 bridgehead atoms. The van der Waals surface area contributed by atoms with E-state index in [2.05, 4.69) is 10.2 Å². The highest BCUT2D eigenvalue weighted by Crippen LogP contribution is 2.34. The fourth-order valence-corrected chi connectivity index (χ4v) is 5.92. The zero-order chi connectivity index (χ0) is 23.5. The molecule has 0 saturated carbocycles. The number of rotatable bonds is 5. The van der Waals surface area contributed by atoms with E-state index in [1.807, 2.05) is 12.1 Å². The number of hydrogen-bond acceptors (Lipinski definition) is 7. The molecule has 0 spiro atoms. The molecule has 0 aromatic heterocycles. The van der Waals surface area contributed by atoms with Gasteiger partial charge in [-0.3, -0.25) is 4.79 Å². The second-order valence-electron chi connectivity index (χ2n) is 8.60. The Labute approximate surface area is 199 Å². The van der Waals surface area contributed by atoms with Crippen LogP contribution in [0.5, 0.6) is 11.5 Å². The van der Waals surface area contributed by atoms with E-state index < -0.39 is 16.1 Å². The number of fused-ring (bicyclic) bond motifs is 1. The van der Waals surface area contributed by atoms with Gasteiger partial charge in [-0.2, -0.15) is 4.31 Å². The van der Waals surface area contributed by atoms with Crippen LogP contribution in [0.25, 0.3) is 0 Å². The van der Waals surface area contributed by atoms with Crippen molar-refractivity contribution in [2.75, 3.05) is 56.2 Å². The number of anilines is 2. The first-order valence-electron chi connectivity index (χ1n) is 11.7. The molecule has 2 fully saturated rings. The summed E-state index contributed by atoms with van der Waals surface area (Å²) in [6.07, 6.45) is 2.42. The van der Waals surface area contributed by atoms with E-state index >= 15 is 0 Å². The average Bonchev–Trinajstić information content (AvgIpc) is 2.89. The summed E-state index contributed by atoms with van der Waals surface area (Å²) in [7, 11) is -3.71. The molecule has 1 N–H and O–H groups in total. The van der Waals surface area contributed by atoms with Crippen molar-refractivity contribution >= 4 is 27.3 Å². The van der Waals surface area contributed by atoms with Crippen molar-refractivity contribution in [2.24, 2.45) is 0 Å². The number of nitrogens with one attached hydrogen (secondary N) is 1. The second-order valence-corrected chi connectivity index (χ2v) is 10.5. The highest BCUT2D eigenvalue weighted by Gasteiger charge is 2.31. The first-order valence-corrected chi connectivity index (χ1v) is 13.1. The van der Waals surface area contributed by atoms with Crippen LogP contribution in [-0.2, 0) is 19.6 Å². The van der Waals surface area contributed by atoms with Crippen molar-refractivity contribution in [3.63, 3.8) is 0 Å². The maximum absolute atomic E-state index is 13.3. The van der Waals surface area contributed by atoms with Crippen molar-refractivity contribution < 1.29 is 27.4 Å². The molecule has 34 heavy (non-hydrogen) atoms. The van der Waals surface area contributed by atoms with Gasteiger partial charge in [-0.1, -0.05) is 12.1 Å². The molecule has 1 amide bonds. The Morgan fingerprint density at radius 3 is 2.44 bits per heavy atom. The molecule has 182 valence electrons. The number of morpholine rings is 1. The minimum absolute atomic E-state index is 0.0770. The number of amides is 1. The number of para-hydroxylation sites is 2. The van der Waals surface area contributed by atoms with Crippen molar-refractivity contribution in [3.05, 3.63) is 42.5 Å². The standard InChI is InChI=1S/C24H29N3O6S/c28-24(23-17-32-21-6-2-3-7-22(21)33-23)25-19-16-18(34(29,30)27-12-14-31-15-13-27)8-9-20(19)26-10-4-1-5-11-26/h2-3,6-9,16,23H,1,4-5,10-15,17H2,(H,25,28). The lowest BCUT2D eigenvalue weighted by molar-refractivity contribution is -0.125. The lowest BCUT2D eigenvalue weighted by Gasteiger charge is -2.32. The van der Waals surface area contributed by atoms with Crippen LogP contribution >= 0.6 is 0 Å². The molecule has 5 rings (SSSR count). The number of hydrogen-bond donors (Lipinski definition) is 1. The third kappa shape index (κ3) is 4.70. The van der Waals surface area contributed by atoms with E-state index in [0.717, 1.165) is 38.0 Å². The van der Waals surface area contributed by atoms with Crippen LogP contribution in [0.1, 0.15) is 19.3 Å². The normalized spacial score (nSPS) is 21.2. The first-order chi connectivity index (χ1) is 16.5. The molecule has 3 heterocycles. The number of benzene rings is 2. The Hall–Kier alpha value is -2.82. The molecular formula is C24H29N3O6S. The van der Waals surface area contributed by atoms with Crippen LogP contribution in [0, 0.1) is 0 Å². The fourth-order valence-electron chi connectivity index (χ4n) is 4.48. The van der Waals surface area contributed by atoms with Crippen LogP contribution in [0.4, 0.5) is 11.4 Å². The molecule has 3 aliphatic rings. The van der Waals surface area contributed by atoms with Crippen LogP contribution < -0.4 is 19.7 Å². The minimum Gasteiger partial charge on any atom is -0.485 e. The maximum atomic E-state index is 13.3. The van der Waals surface area contributed by atoms with E-state index in [-0.39, 0.29) is 17.4 Å². The Bertz CT molecular complexity index is 1140. The molecule has 2 saturated heterocycles. The fraction of sp³-hybridized carbons (Fsp3) is 0.458.